The van der Waals surface area contributed by atoms with E-state index in [9.17, 15) is 4.79 Å². The number of ether oxygens (including phenoxy) is 1. The molecule has 5 heteroatoms. The summed E-state index contributed by atoms with van der Waals surface area (Å²) in [7, 11) is 0. The van der Waals surface area contributed by atoms with Crippen molar-refractivity contribution in [2.75, 3.05) is 6.61 Å². The zero-order valence-electron chi connectivity index (χ0n) is 20.2. The molecule has 2 N–H and O–H groups in total. The number of hydrogen-bond donors (Lipinski definition) is 2. The molecule has 0 saturated carbocycles. The van der Waals surface area contributed by atoms with Crippen LogP contribution >= 0.6 is 11.3 Å². The van der Waals surface area contributed by atoms with Crippen molar-refractivity contribution in [2.45, 2.75) is 86.0 Å². The Morgan fingerprint density at radius 1 is 1.10 bits per heavy atom. The molecule has 0 saturated heterocycles. The second-order valence-electron chi connectivity index (χ2n) is 9.72. The highest BCUT2D eigenvalue weighted by Gasteiger charge is 2.33. The fraction of sp³-hybridized carbons (Fsp3) is 0.577. The van der Waals surface area contributed by atoms with E-state index in [0.717, 1.165) is 24.8 Å². The van der Waals surface area contributed by atoms with E-state index in [-0.39, 0.29) is 12.0 Å². The van der Waals surface area contributed by atoms with Crippen LogP contribution in [-0.4, -0.2) is 17.7 Å². The number of aryl methyl sites for hydroxylation is 3. The lowest BCUT2D eigenvalue weighted by atomic mass is 9.74. The zero-order valence-corrected chi connectivity index (χ0v) is 21.0. The van der Waals surface area contributed by atoms with Gasteiger partial charge in [0.2, 0.25) is 0 Å². The fourth-order valence-corrected chi connectivity index (χ4v) is 5.79. The van der Waals surface area contributed by atoms with E-state index >= 15 is 0 Å². The average Bonchev–Trinajstić information content (AvgIpc) is 3.08. The number of carbonyl (C=O) groups is 1. The largest absolute Gasteiger partial charge is 0.483 e. The van der Waals surface area contributed by atoms with Gasteiger partial charge in [-0.3, -0.25) is 10.0 Å². The maximum atomic E-state index is 11.3. The molecule has 0 aliphatic heterocycles. The van der Waals surface area contributed by atoms with Gasteiger partial charge in [-0.25, -0.2) is 5.48 Å². The lowest BCUT2D eigenvalue weighted by Gasteiger charge is -2.32. The van der Waals surface area contributed by atoms with Gasteiger partial charge in [-0.15, -0.1) is 11.3 Å². The first-order valence-corrected chi connectivity index (χ1v) is 12.1. The van der Waals surface area contributed by atoms with E-state index in [0.29, 0.717) is 11.2 Å². The van der Waals surface area contributed by atoms with Gasteiger partial charge in [-0.2, -0.15) is 0 Å². The van der Waals surface area contributed by atoms with E-state index in [1.54, 1.807) is 5.48 Å². The Kier molecular flexibility index (Phi) is 8.73. The number of hydroxylamine groups is 1. The van der Waals surface area contributed by atoms with Crippen LogP contribution in [0.15, 0.2) is 24.3 Å². The Bertz CT molecular complexity index is 875. The molecule has 2 aromatic rings. The number of nitrogens with one attached hydrogen (secondary N) is 1. The molecule has 172 valence electrons. The van der Waals surface area contributed by atoms with E-state index in [4.69, 9.17) is 9.94 Å². The minimum absolute atomic E-state index is 0.0243. The van der Waals surface area contributed by atoms with Gasteiger partial charge in [0, 0.05) is 15.2 Å². The summed E-state index contributed by atoms with van der Waals surface area (Å²) in [5.41, 5.74) is 5.64. The Hall–Kier alpha value is -1.85. The molecule has 1 amide bonds. The first-order chi connectivity index (χ1) is 14.6. The molecule has 0 spiro atoms. The smallest absolute Gasteiger partial charge is 0.281 e. The second kappa shape index (κ2) is 10.6. The van der Waals surface area contributed by atoms with Crippen molar-refractivity contribution in [3.8, 4) is 5.75 Å². The van der Waals surface area contributed by atoms with Crippen LogP contribution in [-0.2, 0) is 16.6 Å². The highest BCUT2D eigenvalue weighted by molar-refractivity contribution is 7.12. The van der Waals surface area contributed by atoms with Crippen molar-refractivity contribution in [3.63, 3.8) is 0 Å². The highest BCUT2D eigenvalue weighted by Crippen LogP contribution is 2.44. The average molecular weight is 446 g/mol. The number of hydrogen-bond acceptors (Lipinski definition) is 4. The van der Waals surface area contributed by atoms with Crippen LogP contribution in [0.2, 0.25) is 0 Å². The van der Waals surface area contributed by atoms with E-state index < -0.39 is 5.91 Å². The predicted octanol–water partition coefficient (Wildman–Crippen LogP) is 6.72. The normalized spacial score (nSPS) is 12.1. The summed E-state index contributed by atoms with van der Waals surface area (Å²) < 4.78 is 5.56. The van der Waals surface area contributed by atoms with Gasteiger partial charge in [0.05, 0.1) is 0 Å². The molecule has 1 heterocycles. The molecule has 1 aromatic carbocycles. The Labute approximate surface area is 192 Å². The molecule has 0 fully saturated rings. The lowest BCUT2D eigenvalue weighted by molar-refractivity contribution is -0.131. The molecule has 2 rings (SSSR count). The third kappa shape index (κ3) is 6.33. The van der Waals surface area contributed by atoms with Crippen LogP contribution in [0.5, 0.6) is 5.75 Å². The zero-order chi connectivity index (χ0) is 23.2. The number of rotatable bonds is 10. The molecule has 0 radical (unpaired) electrons. The SMILES string of the molecule is CCC(CC)(c1ccc(OCC(=O)NO)c(C)c1)c1cc(C)c(CCCC(C)(C)C)s1. The Balaban J connectivity index is 2.30. The number of amides is 1. The predicted molar refractivity (Wildman–Crippen MR) is 129 cm³/mol. The summed E-state index contributed by atoms with van der Waals surface area (Å²) in [6.07, 6.45) is 5.66. The molecule has 0 bridgehead atoms. The Morgan fingerprint density at radius 3 is 2.32 bits per heavy atom. The monoisotopic (exact) mass is 445 g/mol. The van der Waals surface area contributed by atoms with Crippen LogP contribution in [0, 0.1) is 19.3 Å². The van der Waals surface area contributed by atoms with E-state index in [1.165, 1.54) is 33.7 Å². The fourth-order valence-electron chi connectivity index (χ4n) is 4.22. The molecule has 0 aliphatic carbocycles. The summed E-state index contributed by atoms with van der Waals surface area (Å²) >= 11 is 1.98. The van der Waals surface area contributed by atoms with Gasteiger partial charge in [0.1, 0.15) is 5.75 Å². The van der Waals surface area contributed by atoms with E-state index in [2.05, 4.69) is 59.7 Å². The molecular weight excluding hydrogens is 406 g/mol. The van der Waals surface area contributed by atoms with Crippen molar-refractivity contribution in [3.05, 3.63) is 50.7 Å². The first-order valence-electron chi connectivity index (χ1n) is 11.3. The van der Waals surface area contributed by atoms with Crippen LogP contribution < -0.4 is 10.2 Å². The summed E-state index contributed by atoms with van der Waals surface area (Å²) in [5, 5.41) is 8.66. The number of thiophene rings is 1. The van der Waals surface area contributed by atoms with Crippen LogP contribution in [0.3, 0.4) is 0 Å². The van der Waals surface area contributed by atoms with Crippen molar-refractivity contribution in [2.24, 2.45) is 5.41 Å². The van der Waals surface area contributed by atoms with Crippen LogP contribution in [0.25, 0.3) is 0 Å². The summed E-state index contributed by atoms with van der Waals surface area (Å²) in [5.74, 6) is 0.103. The topological polar surface area (TPSA) is 58.6 Å². The van der Waals surface area contributed by atoms with Gasteiger partial charge < -0.3 is 4.74 Å². The molecule has 31 heavy (non-hydrogen) atoms. The van der Waals surface area contributed by atoms with Crippen molar-refractivity contribution in [1.29, 1.82) is 0 Å². The standard InChI is InChI=1S/C26H39NO3S/c1-8-26(9-2,20-12-13-21(18(3)15-20)30-17-24(28)27-29)23-16-19(4)22(31-23)11-10-14-25(5,6)7/h12-13,15-16,29H,8-11,14,17H2,1-7H3,(H,27,28). The van der Waals surface area contributed by atoms with Crippen LogP contribution in [0.4, 0.5) is 0 Å². The minimum Gasteiger partial charge on any atom is -0.483 e. The first kappa shape index (κ1) is 25.4. The summed E-state index contributed by atoms with van der Waals surface area (Å²) in [6.45, 7) is 15.5. The molecule has 1 aromatic heterocycles. The second-order valence-corrected chi connectivity index (χ2v) is 10.9. The van der Waals surface area contributed by atoms with Gasteiger partial charge in [0.25, 0.3) is 5.91 Å². The molecular formula is C26H39NO3S. The number of benzene rings is 1. The van der Waals surface area contributed by atoms with Gasteiger partial charge in [-0.1, -0.05) is 46.8 Å². The minimum atomic E-state index is -0.562. The van der Waals surface area contributed by atoms with Gasteiger partial charge in [0.15, 0.2) is 6.61 Å². The lowest BCUT2D eigenvalue weighted by Crippen LogP contribution is -2.26. The highest BCUT2D eigenvalue weighted by atomic mass is 32.1. The third-order valence-electron chi connectivity index (χ3n) is 6.24. The van der Waals surface area contributed by atoms with E-state index in [1.807, 2.05) is 24.3 Å². The van der Waals surface area contributed by atoms with Crippen molar-refractivity contribution >= 4 is 17.2 Å². The summed E-state index contributed by atoms with van der Waals surface area (Å²) in [4.78, 5) is 14.2. The van der Waals surface area contributed by atoms with Gasteiger partial charge >= 0.3 is 0 Å². The number of carbonyl (C=O) groups excluding carboxylic acids is 1. The molecule has 0 aliphatic rings. The third-order valence-corrected chi connectivity index (χ3v) is 7.74. The molecule has 0 atom stereocenters. The van der Waals surface area contributed by atoms with Gasteiger partial charge in [-0.05, 0) is 80.2 Å². The molecule has 0 unspecified atom stereocenters. The van der Waals surface area contributed by atoms with Crippen molar-refractivity contribution < 1.29 is 14.7 Å². The van der Waals surface area contributed by atoms with Crippen molar-refractivity contribution in [1.82, 2.24) is 5.48 Å². The maximum absolute atomic E-state index is 11.3. The maximum Gasteiger partial charge on any atom is 0.281 e. The molecule has 4 nitrogen and oxygen atoms in total. The summed E-state index contributed by atoms with van der Waals surface area (Å²) in [6, 6.07) is 8.66. The quantitative estimate of drug-likeness (QED) is 0.315. The van der Waals surface area contributed by atoms with Crippen LogP contribution in [0.1, 0.15) is 86.7 Å². The Morgan fingerprint density at radius 2 is 1.77 bits per heavy atom.